The van der Waals surface area contributed by atoms with Crippen LogP contribution in [0.1, 0.15) is 18.4 Å². The topological polar surface area (TPSA) is 52.7 Å². The normalized spacial score (nSPS) is 19.1. The van der Waals surface area contributed by atoms with Crippen molar-refractivity contribution in [2.45, 2.75) is 24.5 Å². The number of hydrogen-bond acceptors (Lipinski definition) is 4. The third-order valence-corrected chi connectivity index (χ3v) is 6.99. The summed E-state index contributed by atoms with van der Waals surface area (Å²) < 4.78 is 13.1. The molecule has 2 aliphatic rings. The molecule has 0 spiro atoms. The number of thioether (sulfide) groups is 1. The van der Waals surface area contributed by atoms with Gasteiger partial charge in [-0.25, -0.2) is 4.39 Å². The fourth-order valence-electron chi connectivity index (χ4n) is 3.96. The first-order valence-corrected chi connectivity index (χ1v) is 11.4. The molecule has 1 fully saturated rings. The molecule has 0 aliphatic carbocycles. The van der Waals surface area contributed by atoms with Gasteiger partial charge < -0.3 is 15.1 Å². The third kappa shape index (κ3) is 4.95. The van der Waals surface area contributed by atoms with Gasteiger partial charge >= 0.3 is 0 Å². The molecule has 0 aromatic heterocycles. The van der Waals surface area contributed by atoms with E-state index in [0.29, 0.717) is 25.3 Å². The molecule has 0 radical (unpaired) electrons. The number of rotatable bonds is 5. The largest absolute Gasteiger partial charge is 0.368 e. The van der Waals surface area contributed by atoms with Crippen LogP contribution >= 0.6 is 11.8 Å². The number of fused-ring (bicyclic) bond motifs is 1. The average Bonchev–Trinajstić information content (AvgIpc) is 2.93. The molecule has 7 heteroatoms. The number of carbonyl (C=O) groups excluding carboxylic acids is 2. The second-order valence-corrected chi connectivity index (χ2v) is 8.95. The van der Waals surface area contributed by atoms with E-state index in [9.17, 15) is 14.0 Å². The van der Waals surface area contributed by atoms with Crippen LogP contribution in [-0.4, -0.2) is 53.9 Å². The lowest BCUT2D eigenvalue weighted by molar-refractivity contribution is -0.131. The van der Waals surface area contributed by atoms with Gasteiger partial charge in [-0.05, 0) is 48.7 Å². The Hall–Kier alpha value is -2.54. The Bertz CT molecular complexity index is 898. The SMILES string of the molecule is O=C1Nc2ccccc2CCC1SCCC(=O)N1CCN(c2ccc(F)cc2)CC1. The molecule has 2 heterocycles. The van der Waals surface area contributed by atoms with Gasteiger partial charge in [0.05, 0.1) is 5.25 Å². The Morgan fingerprint density at radius 2 is 1.80 bits per heavy atom. The van der Waals surface area contributed by atoms with Crippen molar-refractivity contribution in [2.75, 3.05) is 42.1 Å². The number of piperazine rings is 1. The number of amides is 2. The van der Waals surface area contributed by atoms with E-state index < -0.39 is 0 Å². The van der Waals surface area contributed by atoms with Crippen molar-refractivity contribution in [3.63, 3.8) is 0 Å². The number of anilines is 2. The van der Waals surface area contributed by atoms with Gasteiger partial charge in [0.25, 0.3) is 0 Å². The maximum atomic E-state index is 13.1. The molecule has 4 rings (SSSR count). The molecule has 2 aromatic carbocycles. The van der Waals surface area contributed by atoms with Crippen molar-refractivity contribution in [3.8, 4) is 0 Å². The van der Waals surface area contributed by atoms with E-state index in [1.54, 1.807) is 23.9 Å². The number of hydrogen-bond donors (Lipinski definition) is 1. The van der Waals surface area contributed by atoms with Gasteiger partial charge in [0, 0.05) is 49.7 Å². The molecular weight excluding hydrogens is 401 g/mol. The van der Waals surface area contributed by atoms with Gasteiger partial charge in [-0.15, -0.1) is 11.8 Å². The number of nitrogens with zero attached hydrogens (tertiary/aromatic N) is 2. The minimum atomic E-state index is -0.240. The fourth-order valence-corrected chi connectivity index (χ4v) is 5.03. The summed E-state index contributed by atoms with van der Waals surface area (Å²) in [5.41, 5.74) is 3.06. The number of aryl methyl sites for hydroxylation is 1. The molecule has 1 unspecified atom stereocenters. The first-order chi connectivity index (χ1) is 14.6. The van der Waals surface area contributed by atoms with E-state index in [-0.39, 0.29) is 22.9 Å². The summed E-state index contributed by atoms with van der Waals surface area (Å²) in [6, 6.07) is 14.4. The summed E-state index contributed by atoms with van der Waals surface area (Å²) in [7, 11) is 0. The second-order valence-electron chi connectivity index (χ2n) is 7.64. The van der Waals surface area contributed by atoms with Crippen LogP contribution < -0.4 is 10.2 Å². The molecule has 1 saturated heterocycles. The van der Waals surface area contributed by atoms with E-state index in [4.69, 9.17) is 0 Å². The lowest BCUT2D eigenvalue weighted by Gasteiger charge is -2.36. The smallest absolute Gasteiger partial charge is 0.237 e. The molecule has 0 bridgehead atoms. The minimum absolute atomic E-state index is 0.0327. The van der Waals surface area contributed by atoms with E-state index >= 15 is 0 Å². The van der Waals surface area contributed by atoms with Gasteiger partial charge in [0.2, 0.25) is 11.8 Å². The predicted molar refractivity (Wildman–Crippen MR) is 119 cm³/mol. The summed E-state index contributed by atoms with van der Waals surface area (Å²) in [6.07, 6.45) is 2.10. The second kappa shape index (κ2) is 9.51. The maximum Gasteiger partial charge on any atom is 0.237 e. The Kier molecular flexibility index (Phi) is 6.57. The Morgan fingerprint density at radius 3 is 2.57 bits per heavy atom. The van der Waals surface area contributed by atoms with Crippen LogP contribution in [0.4, 0.5) is 15.8 Å². The van der Waals surface area contributed by atoms with E-state index in [0.717, 1.165) is 37.3 Å². The third-order valence-electron chi connectivity index (χ3n) is 5.70. The van der Waals surface area contributed by atoms with Gasteiger partial charge in [-0.1, -0.05) is 18.2 Å². The molecule has 2 amide bonds. The van der Waals surface area contributed by atoms with Crippen LogP contribution in [0, 0.1) is 5.82 Å². The number of nitrogens with one attached hydrogen (secondary N) is 1. The molecule has 2 aliphatic heterocycles. The van der Waals surface area contributed by atoms with Crippen LogP contribution in [0.15, 0.2) is 48.5 Å². The van der Waals surface area contributed by atoms with Crippen molar-refractivity contribution in [3.05, 3.63) is 59.9 Å². The van der Waals surface area contributed by atoms with Crippen molar-refractivity contribution in [2.24, 2.45) is 0 Å². The zero-order valence-corrected chi connectivity index (χ0v) is 17.7. The van der Waals surface area contributed by atoms with Crippen LogP contribution in [0.25, 0.3) is 0 Å². The van der Waals surface area contributed by atoms with Crippen molar-refractivity contribution >= 4 is 35.0 Å². The van der Waals surface area contributed by atoms with Gasteiger partial charge in [-0.2, -0.15) is 0 Å². The summed E-state index contributed by atoms with van der Waals surface area (Å²) in [6.45, 7) is 2.82. The first-order valence-electron chi connectivity index (χ1n) is 10.4. The average molecular weight is 428 g/mol. The van der Waals surface area contributed by atoms with Crippen molar-refractivity contribution in [1.29, 1.82) is 0 Å². The van der Waals surface area contributed by atoms with Gasteiger partial charge in [0.1, 0.15) is 5.82 Å². The highest BCUT2D eigenvalue weighted by Gasteiger charge is 2.25. The highest BCUT2D eigenvalue weighted by molar-refractivity contribution is 8.00. The van der Waals surface area contributed by atoms with Gasteiger partial charge in [0.15, 0.2) is 0 Å². The monoisotopic (exact) mass is 427 g/mol. The predicted octanol–water partition coefficient (Wildman–Crippen LogP) is 3.55. The molecule has 0 saturated carbocycles. The molecule has 30 heavy (non-hydrogen) atoms. The summed E-state index contributed by atoms with van der Waals surface area (Å²) in [4.78, 5) is 29.2. The molecule has 158 valence electrons. The summed E-state index contributed by atoms with van der Waals surface area (Å²) in [5, 5.41) is 2.89. The molecule has 2 aromatic rings. The van der Waals surface area contributed by atoms with E-state index in [1.165, 1.54) is 17.7 Å². The highest BCUT2D eigenvalue weighted by Crippen LogP contribution is 2.27. The van der Waals surface area contributed by atoms with Crippen molar-refractivity contribution < 1.29 is 14.0 Å². The standard InChI is InChI=1S/C23H26FN3O2S/c24-18-6-8-19(9-7-18)26-12-14-27(15-13-26)22(28)11-16-30-21-10-5-17-3-1-2-4-20(17)25-23(21)29/h1-4,6-9,21H,5,10-16H2,(H,25,29). The first kappa shape index (κ1) is 20.7. The number of halogens is 1. The zero-order valence-electron chi connectivity index (χ0n) is 16.9. The Morgan fingerprint density at radius 1 is 1.07 bits per heavy atom. The highest BCUT2D eigenvalue weighted by atomic mass is 32.2. The van der Waals surface area contributed by atoms with Gasteiger partial charge in [-0.3, -0.25) is 9.59 Å². The fraction of sp³-hybridized carbons (Fsp3) is 0.391. The molecule has 1 atom stereocenters. The minimum Gasteiger partial charge on any atom is -0.368 e. The number of para-hydroxylation sites is 1. The van der Waals surface area contributed by atoms with Crippen LogP contribution in [0.5, 0.6) is 0 Å². The van der Waals surface area contributed by atoms with Crippen LogP contribution in [-0.2, 0) is 16.0 Å². The Balaban J connectivity index is 1.21. The lowest BCUT2D eigenvalue weighted by atomic mass is 10.1. The summed E-state index contributed by atoms with van der Waals surface area (Å²) >= 11 is 1.58. The molecule has 1 N–H and O–H groups in total. The quantitative estimate of drug-likeness (QED) is 0.793. The molecular formula is C23H26FN3O2S. The van der Waals surface area contributed by atoms with Crippen LogP contribution in [0.2, 0.25) is 0 Å². The maximum absolute atomic E-state index is 13.1. The number of carbonyl (C=O) groups is 2. The van der Waals surface area contributed by atoms with Crippen LogP contribution in [0.3, 0.4) is 0 Å². The number of benzene rings is 2. The molecule has 5 nitrogen and oxygen atoms in total. The Labute approximate surface area is 180 Å². The van der Waals surface area contributed by atoms with E-state index in [1.807, 2.05) is 23.1 Å². The van der Waals surface area contributed by atoms with E-state index in [2.05, 4.69) is 16.3 Å². The van der Waals surface area contributed by atoms with Crippen molar-refractivity contribution in [1.82, 2.24) is 4.90 Å². The lowest BCUT2D eigenvalue weighted by Crippen LogP contribution is -2.48. The summed E-state index contributed by atoms with van der Waals surface area (Å²) in [5.74, 6) is 0.575. The zero-order chi connectivity index (χ0) is 20.9.